The maximum Gasteiger partial charge on any atom is 0.319 e. The van der Waals surface area contributed by atoms with Crippen LogP contribution in [0.2, 0.25) is 0 Å². The van der Waals surface area contributed by atoms with Crippen molar-refractivity contribution >= 4 is 11.7 Å². The van der Waals surface area contributed by atoms with Gasteiger partial charge in [0.1, 0.15) is 0 Å². The number of carbonyl (C=O) groups excluding carboxylic acids is 1. The standard InChI is InChI=1S/C20H28N4O2/c1-15-18(16(2)24(23-15)17-10-6-5-7-11-17)22-19(25)21-14-20(26)12-8-3-4-9-13-20/h5-7,10-11,26H,3-4,8-9,12-14H2,1-2H3,(H2,21,22,25). The Morgan fingerprint density at radius 1 is 1.15 bits per heavy atom. The van der Waals surface area contributed by atoms with Crippen LogP contribution in [-0.2, 0) is 0 Å². The minimum atomic E-state index is -0.786. The Morgan fingerprint density at radius 2 is 1.81 bits per heavy atom. The summed E-state index contributed by atoms with van der Waals surface area (Å²) in [5.74, 6) is 0. The molecular weight excluding hydrogens is 328 g/mol. The molecule has 1 aliphatic carbocycles. The van der Waals surface area contributed by atoms with Crippen molar-refractivity contribution in [2.75, 3.05) is 11.9 Å². The molecule has 6 nitrogen and oxygen atoms in total. The summed E-state index contributed by atoms with van der Waals surface area (Å²) in [5, 5.41) is 20.9. The number of hydrogen-bond donors (Lipinski definition) is 3. The Labute approximate surface area is 154 Å². The van der Waals surface area contributed by atoms with E-state index in [-0.39, 0.29) is 12.6 Å². The molecule has 1 aliphatic rings. The molecule has 0 unspecified atom stereocenters. The van der Waals surface area contributed by atoms with Crippen LogP contribution in [-0.4, -0.2) is 33.1 Å². The van der Waals surface area contributed by atoms with E-state index in [0.717, 1.165) is 55.6 Å². The lowest BCUT2D eigenvalue weighted by atomic mass is 9.95. The van der Waals surface area contributed by atoms with Crippen molar-refractivity contribution in [3.63, 3.8) is 0 Å². The molecule has 0 bridgehead atoms. The van der Waals surface area contributed by atoms with Gasteiger partial charge in [0, 0.05) is 6.54 Å². The minimum Gasteiger partial charge on any atom is -0.388 e. The molecule has 2 amide bonds. The number of rotatable bonds is 4. The van der Waals surface area contributed by atoms with Crippen LogP contribution in [0.5, 0.6) is 0 Å². The zero-order valence-corrected chi connectivity index (χ0v) is 15.6. The first-order valence-electron chi connectivity index (χ1n) is 9.37. The summed E-state index contributed by atoms with van der Waals surface area (Å²) in [7, 11) is 0. The maximum absolute atomic E-state index is 12.4. The number of carbonyl (C=O) groups is 1. The van der Waals surface area contributed by atoms with Gasteiger partial charge in [-0.15, -0.1) is 0 Å². The molecular formula is C20H28N4O2. The first-order valence-corrected chi connectivity index (χ1v) is 9.37. The average molecular weight is 356 g/mol. The molecule has 2 aromatic rings. The van der Waals surface area contributed by atoms with Crippen LogP contribution in [0.4, 0.5) is 10.5 Å². The second-order valence-electron chi connectivity index (χ2n) is 7.24. The van der Waals surface area contributed by atoms with Crippen LogP contribution in [0.25, 0.3) is 5.69 Å². The smallest absolute Gasteiger partial charge is 0.319 e. The van der Waals surface area contributed by atoms with Gasteiger partial charge in [-0.2, -0.15) is 5.10 Å². The third-order valence-corrected chi connectivity index (χ3v) is 5.14. The van der Waals surface area contributed by atoms with Gasteiger partial charge in [-0.3, -0.25) is 0 Å². The number of para-hydroxylation sites is 1. The van der Waals surface area contributed by atoms with E-state index < -0.39 is 5.60 Å². The van der Waals surface area contributed by atoms with Gasteiger partial charge >= 0.3 is 6.03 Å². The number of aromatic nitrogens is 2. The number of aliphatic hydroxyl groups is 1. The molecule has 26 heavy (non-hydrogen) atoms. The summed E-state index contributed by atoms with van der Waals surface area (Å²) in [6, 6.07) is 9.52. The monoisotopic (exact) mass is 356 g/mol. The fraction of sp³-hybridized carbons (Fsp3) is 0.500. The lowest BCUT2D eigenvalue weighted by Crippen LogP contribution is -2.44. The molecule has 1 aromatic heterocycles. The van der Waals surface area contributed by atoms with Crippen molar-refractivity contribution in [1.82, 2.24) is 15.1 Å². The van der Waals surface area contributed by atoms with Gasteiger partial charge in [0.25, 0.3) is 0 Å². The molecule has 0 atom stereocenters. The molecule has 6 heteroatoms. The van der Waals surface area contributed by atoms with Gasteiger partial charge in [0.05, 0.1) is 28.4 Å². The summed E-state index contributed by atoms with van der Waals surface area (Å²) in [4.78, 5) is 12.4. The summed E-state index contributed by atoms with van der Waals surface area (Å²) in [6.45, 7) is 4.09. The highest BCUT2D eigenvalue weighted by Gasteiger charge is 2.28. The van der Waals surface area contributed by atoms with E-state index in [1.54, 1.807) is 0 Å². The molecule has 0 radical (unpaired) electrons. The minimum absolute atomic E-state index is 0.281. The Morgan fingerprint density at radius 3 is 2.46 bits per heavy atom. The Hall–Kier alpha value is -2.34. The van der Waals surface area contributed by atoms with E-state index in [4.69, 9.17) is 0 Å². The van der Waals surface area contributed by atoms with E-state index in [1.165, 1.54) is 0 Å². The molecule has 1 saturated carbocycles. The predicted molar refractivity (Wildman–Crippen MR) is 103 cm³/mol. The highest BCUT2D eigenvalue weighted by Crippen LogP contribution is 2.26. The van der Waals surface area contributed by atoms with E-state index in [2.05, 4.69) is 15.7 Å². The summed E-state index contributed by atoms with van der Waals surface area (Å²) in [6.07, 6.45) is 5.84. The highest BCUT2D eigenvalue weighted by atomic mass is 16.3. The zero-order valence-electron chi connectivity index (χ0n) is 15.6. The van der Waals surface area contributed by atoms with Crippen LogP contribution in [0.1, 0.15) is 49.9 Å². The van der Waals surface area contributed by atoms with Crippen molar-refractivity contribution in [2.24, 2.45) is 0 Å². The van der Waals surface area contributed by atoms with Gasteiger partial charge < -0.3 is 15.7 Å². The number of nitrogens with zero attached hydrogens (tertiary/aromatic N) is 2. The molecule has 1 aromatic carbocycles. The quantitative estimate of drug-likeness (QED) is 0.731. The number of benzene rings is 1. The predicted octanol–water partition coefficient (Wildman–Crippen LogP) is 3.70. The number of hydrogen-bond acceptors (Lipinski definition) is 3. The van der Waals surface area contributed by atoms with E-state index in [0.29, 0.717) is 5.69 Å². The third kappa shape index (κ3) is 4.25. The number of urea groups is 1. The van der Waals surface area contributed by atoms with Gasteiger partial charge in [0.2, 0.25) is 0 Å². The second kappa shape index (κ2) is 7.91. The van der Waals surface area contributed by atoms with Gasteiger partial charge in [-0.25, -0.2) is 9.48 Å². The van der Waals surface area contributed by atoms with Gasteiger partial charge in [-0.1, -0.05) is 43.9 Å². The van der Waals surface area contributed by atoms with Crippen molar-refractivity contribution in [3.8, 4) is 5.69 Å². The summed E-state index contributed by atoms with van der Waals surface area (Å²) < 4.78 is 1.82. The maximum atomic E-state index is 12.4. The van der Waals surface area contributed by atoms with Crippen molar-refractivity contribution in [1.29, 1.82) is 0 Å². The largest absolute Gasteiger partial charge is 0.388 e. The molecule has 0 saturated heterocycles. The van der Waals surface area contributed by atoms with E-state index >= 15 is 0 Å². The molecule has 3 N–H and O–H groups in total. The van der Waals surface area contributed by atoms with E-state index in [9.17, 15) is 9.90 Å². The number of nitrogens with one attached hydrogen (secondary N) is 2. The highest BCUT2D eigenvalue weighted by molar-refractivity contribution is 5.90. The first-order chi connectivity index (χ1) is 12.5. The normalized spacial score (nSPS) is 16.7. The van der Waals surface area contributed by atoms with Crippen molar-refractivity contribution in [3.05, 3.63) is 41.7 Å². The van der Waals surface area contributed by atoms with Crippen LogP contribution in [0, 0.1) is 13.8 Å². The van der Waals surface area contributed by atoms with Crippen LogP contribution < -0.4 is 10.6 Å². The molecule has 0 aliphatic heterocycles. The number of aryl methyl sites for hydroxylation is 1. The SMILES string of the molecule is Cc1nn(-c2ccccc2)c(C)c1NC(=O)NCC1(O)CCCCCC1. The lowest BCUT2D eigenvalue weighted by molar-refractivity contribution is 0.0281. The summed E-state index contributed by atoms with van der Waals surface area (Å²) >= 11 is 0. The number of amides is 2. The molecule has 1 heterocycles. The van der Waals surface area contributed by atoms with E-state index in [1.807, 2.05) is 48.9 Å². The van der Waals surface area contributed by atoms with Crippen LogP contribution in [0.15, 0.2) is 30.3 Å². The Kier molecular flexibility index (Phi) is 5.61. The van der Waals surface area contributed by atoms with Gasteiger partial charge in [-0.05, 0) is 38.8 Å². The van der Waals surface area contributed by atoms with Crippen molar-refractivity contribution < 1.29 is 9.90 Å². The molecule has 3 rings (SSSR count). The topological polar surface area (TPSA) is 79.2 Å². The fourth-order valence-electron chi connectivity index (χ4n) is 3.61. The van der Waals surface area contributed by atoms with Crippen LogP contribution >= 0.6 is 0 Å². The average Bonchev–Trinajstić information content (AvgIpc) is 2.80. The zero-order chi connectivity index (χ0) is 18.6. The number of anilines is 1. The Balaban J connectivity index is 1.65. The van der Waals surface area contributed by atoms with Gasteiger partial charge in [0.15, 0.2) is 0 Å². The first kappa shape index (κ1) is 18.5. The molecule has 0 spiro atoms. The summed E-state index contributed by atoms with van der Waals surface area (Å²) in [5.41, 5.74) is 2.51. The lowest BCUT2D eigenvalue weighted by Gasteiger charge is -2.26. The fourth-order valence-corrected chi connectivity index (χ4v) is 3.61. The van der Waals surface area contributed by atoms with Crippen molar-refractivity contribution in [2.45, 2.75) is 58.0 Å². The van der Waals surface area contributed by atoms with Crippen LogP contribution in [0.3, 0.4) is 0 Å². The third-order valence-electron chi connectivity index (χ3n) is 5.14. The molecule has 1 fully saturated rings. The Bertz CT molecular complexity index is 747. The second-order valence-corrected chi connectivity index (χ2v) is 7.24. The molecule has 140 valence electrons.